The van der Waals surface area contributed by atoms with Gasteiger partial charge in [-0.1, -0.05) is 217 Å². The van der Waals surface area contributed by atoms with Gasteiger partial charge in [0.25, 0.3) is 0 Å². The van der Waals surface area contributed by atoms with Crippen LogP contribution in [0.15, 0.2) is 256 Å². The van der Waals surface area contributed by atoms with E-state index in [0.717, 1.165) is 42.7 Å². The quantitative estimate of drug-likeness (QED) is 0.0292. The Bertz CT molecular complexity index is 5120. The molecule has 12 aromatic rings. The minimum Gasteiger partial charge on any atom is -0.413 e. The van der Waals surface area contributed by atoms with Gasteiger partial charge in [0.05, 0.1) is 45.9 Å². The molecule has 6 aromatic heterocycles. The maximum absolute atomic E-state index is 15.0. The van der Waals surface area contributed by atoms with Gasteiger partial charge < -0.3 is 19.3 Å². The van der Waals surface area contributed by atoms with Crippen molar-refractivity contribution in [2.75, 3.05) is 0 Å². The van der Waals surface area contributed by atoms with Crippen molar-refractivity contribution in [3.05, 3.63) is 288 Å². The van der Waals surface area contributed by atoms with Gasteiger partial charge in [-0.3, -0.25) is 47.5 Å². The molecule has 0 aliphatic carbocycles. The van der Waals surface area contributed by atoms with Gasteiger partial charge in [0.2, 0.25) is 23.4 Å². The summed E-state index contributed by atoms with van der Waals surface area (Å²) in [6.07, 6.45) is 11.4. The molecule has 2 amide bonds. The standard InChI is InChI=1S/C45H49N4O4PSSi.C39H35N4O4PS/c1-30(41(50)37-28-48-29-47-39(44(48)55-37)42(51)33-19-18-26-46-27-33)40-38(31(2)53-56(7,8)45(4,5)6)43(52)49(40)32(3)54(34-20-12-9-13-21-34,35-22-14-10-15-23-35)36-24-16-11-17-25-36;1-25(36(45)32-23-42-24-41-34(39(42)49-32)37(46)28-14-13-21-40-22-28)35-33(26(2)44)38(47)43(35)27(3)48(29-15-7-4-8-16-29,30-17-9-5-10-18-30)31-19-11-6-12-20-31/h9-31,38,40H,1-8H3;4-26,33,35,44H,1-3H3/t30-,31-,38-,40-;25-,26-,33-,35-/m11/s1. The van der Waals surface area contributed by atoms with Crippen LogP contribution >= 0.6 is 36.4 Å². The summed E-state index contributed by atoms with van der Waals surface area (Å²) in [5.74, 6) is -3.58. The van der Waals surface area contributed by atoms with E-state index in [1.54, 1.807) is 76.0 Å². The summed E-state index contributed by atoms with van der Waals surface area (Å²) < 4.78 is 10.4. The number of benzene rings is 6. The summed E-state index contributed by atoms with van der Waals surface area (Å²) in [4.78, 5) is 108. The van der Waals surface area contributed by atoms with E-state index in [1.807, 2.05) is 105 Å². The normalized spacial score (nSPS) is 17.4. The highest BCUT2D eigenvalue weighted by Crippen LogP contribution is 2.53. The number of carbonyl (C=O) groups is 6. The number of fused-ring (bicyclic) bond motifs is 2. The molecule has 0 bridgehead atoms. The molecule has 1 N–H and O–H groups in total. The third-order valence-electron chi connectivity index (χ3n) is 21.3. The Hall–Kier alpha value is -9.68. The van der Waals surface area contributed by atoms with Crippen molar-refractivity contribution in [3.63, 3.8) is 0 Å². The fourth-order valence-electron chi connectivity index (χ4n) is 15.0. The van der Waals surface area contributed by atoms with Gasteiger partial charge in [-0.2, -0.15) is 0 Å². The summed E-state index contributed by atoms with van der Waals surface area (Å²) in [7, 11) is -2.30. The number of hydrogen-bond acceptors (Lipinski definition) is 14. The second-order valence-corrected chi connectivity index (χ2v) is 42.4. The van der Waals surface area contributed by atoms with Crippen molar-refractivity contribution < 1.29 is 38.3 Å². The molecule has 8 atom stereocenters. The number of aromatic nitrogens is 6. The van der Waals surface area contributed by atoms with Crippen molar-refractivity contribution in [2.45, 2.75) is 105 Å². The highest BCUT2D eigenvalue weighted by atomic mass is 32.1. The Kier molecular flexibility index (Phi) is 21.1. The number of thiazole rings is 2. The van der Waals surface area contributed by atoms with Gasteiger partial charge in [-0.25, -0.2) is 9.97 Å². The molecular formula is C84H84N8O8P2S2Si. The summed E-state index contributed by atoms with van der Waals surface area (Å²) in [5, 5.41) is 17.5. The van der Waals surface area contributed by atoms with E-state index in [2.05, 4.69) is 170 Å². The average molecular weight is 1490 g/mol. The Morgan fingerprint density at radius 2 is 0.800 bits per heavy atom. The van der Waals surface area contributed by atoms with Gasteiger partial charge in [-0.15, -0.1) is 22.7 Å². The third kappa shape index (κ3) is 13.2. The lowest BCUT2D eigenvalue weighted by molar-refractivity contribution is -0.157. The smallest absolute Gasteiger partial charge is 0.234 e. The molecule has 0 spiro atoms. The number of rotatable bonds is 22. The molecule has 6 aromatic carbocycles. The van der Waals surface area contributed by atoms with E-state index >= 15 is 4.79 Å². The first-order valence-corrected chi connectivity index (χ1v) is 43.3. The number of aliphatic hydroxyl groups is 1. The van der Waals surface area contributed by atoms with Crippen LogP contribution in [0, 0.1) is 23.7 Å². The van der Waals surface area contributed by atoms with Crippen LogP contribution < -0.4 is 31.8 Å². The number of β-lactam (4-membered cyclic amide) rings is 2. The lowest BCUT2D eigenvalue weighted by atomic mass is 9.75. The molecule has 2 fully saturated rings. The number of amides is 2. The van der Waals surface area contributed by atoms with Gasteiger partial charge in [0.1, 0.15) is 33.7 Å². The molecule has 2 aliphatic heterocycles. The van der Waals surface area contributed by atoms with E-state index in [-0.39, 0.29) is 51.4 Å². The van der Waals surface area contributed by atoms with Crippen LogP contribution in [0.4, 0.5) is 0 Å². The molecule has 534 valence electrons. The number of imidazole rings is 2. The van der Waals surface area contributed by atoms with E-state index in [9.17, 15) is 29.1 Å². The molecule has 21 heteroatoms. The van der Waals surface area contributed by atoms with E-state index in [0.29, 0.717) is 30.5 Å². The summed E-state index contributed by atoms with van der Waals surface area (Å²) in [5.41, 5.74) is 3.15. The largest absolute Gasteiger partial charge is 0.413 e. The number of ketones is 4. The molecule has 14 rings (SSSR count). The Labute approximate surface area is 621 Å². The molecule has 0 radical (unpaired) electrons. The van der Waals surface area contributed by atoms with Crippen LogP contribution in [0.2, 0.25) is 18.1 Å². The Morgan fingerprint density at radius 1 is 0.486 bits per heavy atom. The second kappa shape index (κ2) is 30.1. The zero-order valence-corrected chi connectivity index (χ0v) is 64.9. The molecule has 0 unspecified atom stereocenters. The highest BCUT2D eigenvalue weighted by molar-refractivity contribution is 7.95. The predicted octanol–water partition coefficient (Wildman–Crippen LogP) is 13.4. The van der Waals surface area contributed by atoms with Crippen LogP contribution in [0.5, 0.6) is 0 Å². The van der Waals surface area contributed by atoms with Crippen molar-refractivity contribution in [2.24, 2.45) is 23.7 Å². The number of carbonyl (C=O) groups excluding carboxylic acids is 6. The molecule has 2 aliphatic rings. The van der Waals surface area contributed by atoms with Crippen LogP contribution in [-0.4, -0.2) is 122 Å². The first-order chi connectivity index (χ1) is 50.4. The van der Waals surface area contributed by atoms with Crippen molar-refractivity contribution in [1.29, 1.82) is 0 Å². The fourth-order valence-corrected chi connectivity index (χ4v) is 27.5. The van der Waals surface area contributed by atoms with Crippen molar-refractivity contribution >= 4 is 132 Å². The summed E-state index contributed by atoms with van der Waals surface area (Å²) >= 11 is 2.46. The van der Waals surface area contributed by atoms with E-state index in [4.69, 9.17) is 4.43 Å². The number of Topliss-reactive ketones (excluding diaryl/α,β-unsaturated/α-hetero) is 2. The molecule has 0 saturated carbocycles. The van der Waals surface area contributed by atoms with E-state index in [1.165, 1.54) is 41.4 Å². The van der Waals surface area contributed by atoms with Crippen LogP contribution in [0.1, 0.15) is 114 Å². The maximum Gasteiger partial charge on any atom is 0.234 e. The van der Waals surface area contributed by atoms with E-state index < -0.39 is 70.1 Å². The minimum absolute atomic E-state index is 0.0293. The first kappa shape index (κ1) is 73.6. The third-order valence-corrected chi connectivity index (χ3v) is 36.9. The summed E-state index contributed by atoms with van der Waals surface area (Å²) in [6.45, 7) is 17.2. The lowest BCUT2D eigenvalue weighted by Crippen LogP contribution is -2.70. The molecular weight excluding hydrogens is 1400 g/mol. The number of hydrogen-bond donors (Lipinski definition) is 1. The molecule has 2 saturated heterocycles. The molecule has 8 heterocycles. The number of nitrogens with zero attached hydrogens (tertiary/aromatic N) is 8. The highest BCUT2D eigenvalue weighted by Gasteiger charge is 2.58. The van der Waals surface area contributed by atoms with Gasteiger partial charge in [0, 0.05) is 71.0 Å². The van der Waals surface area contributed by atoms with Gasteiger partial charge in [0.15, 0.2) is 19.9 Å². The first-order valence-electron chi connectivity index (χ1n) is 35.2. The molecule has 105 heavy (non-hydrogen) atoms. The Balaban J connectivity index is 0.000000188. The van der Waals surface area contributed by atoms with Crippen molar-refractivity contribution in [3.8, 4) is 0 Å². The minimum atomic E-state index is -2.64. The topological polar surface area (TPSA) is 199 Å². The van der Waals surface area contributed by atoms with Crippen LogP contribution in [-0.2, 0) is 14.0 Å². The summed E-state index contributed by atoms with van der Waals surface area (Å²) in [6, 6.07) is 67.9. The van der Waals surface area contributed by atoms with Gasteiger partial charge in [-0.05, 0) is 116 Å². The second-order valence-electron chi connectivity index (χ2n) is 28.5. The predicted molar refractivity (Wildman–Crippen MR) is 428 cm³/mol. The van der Waals surface area contributed by atoms with Crippen LogP contribution in [0.25, 0.3) is 9.66 Å². The zero-order valence-electron chi connectivity index (χ0n) is 60.5. The number of pyridine rings is 2. The van der Waals surface area contributed by atoms with Crippen LogP contribution in [0.3, 0.4) is 0 Å². The number of aliphatic hydroxyl groups excluding tert-OH is 1. The Morgan fingerprint density at radius 3 is 1.10 bits per heavy atom. The molecule has 16 nitrogen and oxygen atoms in total. The SMILES string of the molecule is CC(N1C(=O)[C@H]([C@@H](C)O)[C@H]1[C@@H](C)C(=O)c1cn2cnc(C(=O)c3cccnc3)c2s1)=P(c1ccccc1)(c1ccccc1)c1ccccc1.CC(N1C(=O)[C@H]([C@@H](C)O[Si](C)(C)C(C)(C)C)[C@H]1[C@@H](C)C(=O)c1cn2cnc(C(=O)c3cccnc3)c2s1)=P(c1ccccc1)(c1ccccc1)c1ccccc1. The lowest BCUT2D eigenvalue weighted by Gasteiger charge is -2.55. The average Bonchev–Trinajstić information content (AvgIpc) is 1.59. The van der Waals surface area contributed by atoms with Gasteiger partial charge >= 0.3 is 0 Å². The maximum atomic E-state index is 15.0. The monoisotopic (exact) mass is 1490 g/mol. The zero-order chi connectivity index (χ0) is 74.3. The fraction of sp³-hybridized carbons (Fsp3) is 0.238. The number of likely N-dealkylation sites (tertiary alicyclic amines) is 2. The van der Waals surface area contributed by atoms with Crippen molar-refractivity contribution in [1.82, 2.24) is 38.5 Å².